The van der Waals surface area contributed by atoms with Gasteiger partial charge in [-0.1, -0.05) is 45.9 Å². The normalized spacial score (nSPS) is 15.0. The average molecular weight is 524 g/mol. The molecule has 0 radical (unpaired) electrons. The monoisotopic (exact) mass is 523 g/mol. The zero-order valence-corrected chi connectivity index (χ0v) is 23.2. The molecule has 1 amide bonds. The minimum atomic E-state index is -0.314. The summed E-state index contributed by atoms with van der Waals surface area (Å²) in [6.45, 7) is 9.48. The van der Waals surface area contributed by atoms with Gasteiger partial charge < -0.3 is 10.0 Å². The highest BCUT2D eigenvalue weighted by Gasteiger charge is 2.32. The standard InChI is InChI=1S/C32H37N5O2/c1-21(2)29-13-11-23(15-33-29)18-36-19-24(16-35-36)20-37(25-12-14-30(22(3)4)34-17-25)32(39)28-9-5-8-27-26(28)7-6-10-31(27)38/h6-7,10-17,19,21-22,28,38H,5,8-9,18,20H2,1-4H3. The third kappa shape index (κ3) is 5.87. The predicted molar refractivity (Wildman–Crippen MR) is 153 cm³/mol. The Morgan fingerprint density at radius 1 is 0.974 bits per heavy atom. The number of phenolic OH excluding ortho intramolecular Hbond substituents is 1. The number of benzene rings is 1. The first-order chi connectivity index (χ1) is 18.8. The van der Waals surface area contributed by atoms with Crippen LogP contribution in [0.5, 0.6) is 5.75 Å². The maximum absolute atomic E-state index is 14.2. The summed E-state index contributed by atoms with van der Waals surface area (Å²) in [5.74, 6) is 0.673. The molecule has 0 saturated heterocycles. The number of hydrogen-bond donors (Lipinski definition) is 1. The van der Waals surface area contributed by atoms with Gasteiger partial charge in [0.2, 0.25) is 5.91 Å². The Hall–Kier alpha value is -4.00. The summed E-state index contributed by atoms with van der Waals surface area (Å²) in [4.78, 5) is 25.2. The van der Waals surface area contributed by atoms with E-state index in [0.29, 0.717) is 24.9 Å². The molecule has 0 bridgehead atoms. The Kier molecular flexibility index (Phi) is 7.77. The number of fused-ring (bicyclic) bond motifs is 1. The molecule has 7 heteroatoms. The molecule has 1 aromatic carbocycles. The molecule has 3 aromatic heterocycles. The van der Waals surface area contributed by atoms with Gasteiger partial charge in [-0.15, -0.1) is 0 Å². The second-order valence-electron chi connectivity index (χ2n) is 11.1. The Bertz CT molecular complexity index is 1420. The summed E-state index contributed by atoms with van der Waals surface area (Å²) in [6.07, 6.45) is 9.93. The van der Waals surface area contributed by atoms with Gasteiger partial charge in [0.05, 0.1) is 37.1 Å². The average Bonchev–Trinajstić information content (AvgIpc) is 3.38. The quantitative estimate of drug-likeness (QED) is 0.292. The molecule has 0 fully saturated rings. The molecule has 1 N–H and O–H groups in total. The molecule has 1 aliphatic carbocycles. The summed E-state index contributed by atoms with van der Waals surface area (Å²) in [6, 6.07) is 13.7. The first-order valence-electron chi connectivity index (χ1n) is 13.8. The highest BCUT2D eigenvalue weighted by Crippen LogP contribution is 2.38. The van der Waals surface area contributed by atoms with Crippen LogP contribution in [0.2, 0.25) is 0 Å². The summed E-state index contributed by atoms with van der Waals surface area (Å²) in [5, 5.41) is 15.0. The van der Waals surface area contributed by atoms with Gasteiger partial charge >= 0.3 is 0 Å². The van der Waals surface area contributed by atoms with E-state index in [1.165, 1.54) is 0 Å². The van der Waals surface area contributed by atoms with Crippen molar-refractivity contribution in [3.05, 3.63) is 101 Å². The van der Waals surface area contributed by atoms with Gasteiger partial charge in [-0.05, 0) is 72.1 Å². The van der Waals surface area contributed by atoms with Gasteiger partial charge in [-0.3, -0.25) is 19.4 Å². The van der Waals surface area contributed by atoms with Crippen LogP contribution in [0.1, 0.15) is 91.9 Å². The van der Waals surface area contributed by atoms with Gasteiger partial charge in [-0.25, -0.2) is 0 Å². The Morgan fingerprint density at radius 3 is 2.38 bits per heavy atom. The molecule has 0 aliphatic heterocycles. The third-order valence-corrected chi connectivity index (χ3v) is 7.53. The molecular formula is C32H37N5O2. The van der Waals surface area contributed by atoms with E-state index in [1.54, 1.807) is 12.3 Å². The van der Waals surface area contributed by atoms with Crippen LogP contribution in [0.25, 0.3) is 0 Å². The van der Waals surface area contributed by atoms with Crippen molar-refractivity contribution in [2.45, 2.75) is 77.8 Å². The van der Waals surface area contributed by atoms with Crippen molar-refractivity contribution in [3.63, 3.8) is 0 Å². The van der Waals surface area contributed by atoms with E-state index in [1.807, 2.05) is 52.4 Å². The largest absolute Gasteiger partial charge is 0.508 e. The van der Waals surface area contributed by atoms with E-state index in [9.17, 15) is 9.90 Å². The van der Waals surface area contributed by atoms with Crippen molar-refractivity contribution in [3.8, 4) is 5.75 Å². The molecule has 1 atom stereocenters. The van der Waals surface area contributed by atoms with Gasteiger partial charge in [0, 0.05) is 29.3 Å². The fourth-order valence-corrected chi connectivity index (χ4v) is 5.28. The molecule has 7 nitrogen and oxygen atoms in total. The van der Waals surface area contributed by atoms with E-state index in [4.69, 9.17) is 0 Å². The Morgan fingerprint density at radius 2 is 1.72 bits per heavy atom. The Balaban J connectivity index is 1.41. The number of nitrogens with zero attached hydrogens (tertiary/aromatic N) is 5. The smallest absolute Gasteiger partial charge is 0.234 e. The van der Waals surface area contributed by atoms with Gasteiger partial charge in [-0.2, -0.15) is 5.10 Å². The summed E-state index contributed by atoms with van der Waals surface area (Å²) >= 11 is 0. The lowest BCUT2D eigenvalue weighted by Crippen LogP contribution is -2.36. The van der Waals surface area contributed by atoms with Crippen LogP contribution in [-0.2, 0) is 24.3 Å². The zero-order chi connectivity index (χ0) is 27.5. The van der Waals surface area contributed by atoms with Gasteiger partial charge in [0.25, 0.3) is 0 Å². The van der Waals surface area contributed by atoms with Crippen LogP contribution in [0, 0.1) is 0 Å². The van der Waals surface area contributed by atoms with E-state index in [2.05, 4.69) is 54.9 Å². The van der Waals surface area contributed by atoms with Crippen molar-refractivity contribution in [1.82, 2.24) is 19.7 Å². The molecule has 4 aromatic rings. The molecule has 3 heterocycles. The highest BCUT2D eigenvalue weighted by molar-refractivity contribution is 5.98. The van der Waals surface area contributed by atoms with E-state index in [-0.39, 0.29) is 17.6 Å². The number of rotatable bonds is 8. The van der Waals surface area contributed by atoms with Crippen molar-refractivity contribution < 1.29 is 9.90 Å². The van der Waals surface area contributed by atoms with Crippen LogP contribution >= 0.6 is 0 Å². The fourth-order valence-electron chi connectivity index (χ4n) is 5.28. The molecule has 39 heavy (non-hydrogen) atoms. The highest BCUT2D eigenvalue weighted by atomic mass is 16.3. The number of aromatic hydroxyl groups is 1. The van der Waals surface area contributed by atoms with Crippen LogP contribution in [0.15, 0.2) is 67.3 Å². The van der Waals surface area contributed by atoms with Gasteiger partial charge in [0.15, 0.2) is 0 Å². The number of amides is 1. The van der Waals surface area contributed by atoms with E-state index < -0.39 is 0 Å². The first-order valence-corrected chi connectivity index (χ1v) is 13.8. The molecular weight excluding hydrogens is 486 g/mol. The minimum Gasteiger partial charge on any atom is -0.508 e. The number of hydrogen-bond acceptors (Lipinski definition) is 5. The zero-order valence-electron chi connectivity index (χ0n) is 23.2. The molecule has 1 unspecified atom stereocenters. The molecule has 202 valence electrons. The van der Waals surface area contributed by atoms with Crippen LogP contribution < -0.4 is 4.90 Å². The van der Waals surface area contributed by atoms with E-state index >= 15 is 0 Å². The second-order valence-corrected chi connectivity index (χ2v) is 11.1. The molecule has 0 spiro atoms. The van der Waals surface area contributed by atoms with Crippen molar-refractivity contribution >= 4 is 11.6 Å². The minimum absolute atomic E-state index is 0.0156. The van der Waals surface area contributed by atoms with Crippen LogP contribution in [0.4, 0.5) is 5.69 Å². The summed E-state index contributed by atoms with van der Waals surface area (Å²) in [5.41, 5.74) is 6.66. The maximum atomic E-state index is 14.2. The van der Waals surface area contributed by atoms with E-state index in [0.717, 1.165) is 58.6 Å². The SMILES string of the molecule is CC(C)c1ccc(Cn2cc(CN(C(=O)C3CCCc4c(O)cccc43)c3ccc(C(C)C)nc3)cn2)cn1. The summed E-state index contributed by atoms with van der Waals surface area (Å²) < 4.78 is 1.89. The molecule has 1 aliphatic rings. The topological polar surface area (TPSA) is 84.1 Å². The third-order valence-electron chi connectivity index (χ3n) is 7.53. The van der Waals surface area contributed by atoms with Crippen molar-refractivity contribution in [2.24, 2.45) is 0 Å². The second kappa shape index (κ2) is 11.4. The summed E-state index contributed by atoms with van der Waals surface area (Å²) in [7, 11) is 0. The van der Waals surface area contributed by atoms with Crippen molar-refractivity contribution in [2.75, 3.05) is 4.90 Å². The number of aromatic nitrogens is 4. The number of anilines is 1. The molecule has 0 saturated carbocycles. The van der Waals surface area contributed by atoms with Crippen LogP contribution in [0.3, 0.4) is 0 Å². The fraction of sp³-hybridized carbons (Fsp3) is 0.375. The lowest BCUT2D eigenvalue weighted by atomic mass is 9.81. The number of pyridine rings is 2. The lowest BCUT2D eigenvalue weighted by Gasteiger charge is -2.31. The number of phenols is 1. The Labute approximate surface area is 230 Å². The number of carbonyl (C=O) groups excluding carboxylic acids is 1. The first kappa shape index (κ1) is 26.6. The molecule has 5 rings (SSSR count). The van der Waals surface area contributed by atoms with Crippen molar-refractivity contribution in [1.29, 1.82) is 0 Å². The predicted octanol–water partition coefficient (Wildman–Crippen LogP) is 6.33. The number of carbonyl (C=O) groups is 1. The maximum Gasteiger partial charge on any atom is 0.234 e. The van der Waals surface area contributed by atoms with Gasteiger partial charge in [0.1, 0.15) is 5.75 Å². The van der Waals surface area contributed by atoms with Crippen LogP contribution in [-0.4, -0.2) is 30.8 Å². The lowest BCUT2D eigenvalue weighted by molar-refractivity contribution is -0.120.